The summed E-state index contributed by atoms with van der Waals surface area (Å²) in [4.78, 5) is 23.3. The summed E-state index contributed by atoms with van der Waals surface area (Å²) in [7, 11) is 0. The van der Waals surface area contributed by atoms with Crippen LogP contribution in [-0.2, 0) is 6.54 Å². The van der Waals surface area contributed by atoms with Gasteiger partial charge >= 0.3 is 6.03 Å². The molecule has 4 rings (SSSR count). The van der Waals surface area contributed by atoms with E-state index in [0.29, 0.717) is 24.0 Å². The quantitative estimate of drug-likeness (QED) is 0.754. The lowest BCUT2D eigenvalue weighted by Crippen LogP contribution is -2.35. The number of nitrogens with zero attached hydrogens (tertiary/aromatic N) is 3. The Labute approximate surface area is 157 Å². The number of rotatable bonds is 5. The molecule has 27 heavy (non-hydrogen) atoms. The summed E-state index contributed by atoms with van der Waals surface area (Å²) >= 11 is 0. The van der Waals surface area contributed by atoms with Crippen molar-refractivity contribution < 1.29 is 9.18 Å². The van der Waals surface area contributed by atoms with Crippen molar-refractivity contribution in [2.75, 3.05) is 36.8 Å². The molecule has 2 aliphatic heterocycles. The van der Waals surface area contributed by atoms with E-state index in [1.807, 2.05) is 6.92 Å². The number of hydrogen-bond donors (Lipinski definition) is 3. The second-order valence-electron chi connectivity index (χ2n) is 6.97. The number of anilines is 2. The predicted octanol–water partition coefficient (Wildman–Crippen LogP) is 2.73. The molecule has 2 aliphatic rings. The van der Waals surface area contributed by atoms with E-state index in [-0.39, 0.29) is 11.8 Å². The number of carbonyl (C=O) groups excluding carboxylic acids is 1. The Kier molecular flexibility index (Phi) is 4.89. The second kappa shape index (κ2) is 7.48. The van der Waals surface area contributed by atoms with Crippen molar-refractivity contribution in [2.45, 2.75) is 26.3 Å². The summed E-state index contributed by atoms with van der Waals surface area (Å²) in [6.07, 6.45) is 2.50. The Balaban J connectivity index is 1.64. The number of hydrogen-bond acceptors (Lipinski definition) is 5. The zero-order chi connectivity index (χ0) is 18.8. The highest BCUT2D eigenvalue weighted by Crippen LogP contribution is 2.31. The van der Waals surface area contributed by atoms with Crippen LogP contribution in [0.5, 0.6) is 0 Å². The predicted molar refractivity (Wildman–Crippen MR) is 102 cm³/mol. The van der Waals surface area contributed by atoms with Crippen LogP contribution >= 0.6 is 0 Å². The molecule has 1 saturated heterocycles. The van der Waals surface area contributed by atoms with Gasteiger partial charge in [0.2, 0.25) is 5.95 Å². The Morgan fingerprint density at radius 3 is 2.85 bits per heavy atom. The van der Waals surface area contributed by atoms with Gasteiger partial charge in [0.1, 0.15) is 11.6 Å². The zero-order valence-corrected chi connectivity index (χ0v) is 15.3. The fraction of sp³-hybridized carbons (Fsp3) is 0.421. The van der Waals surface area contributed by atoms with Crippen molar-refractivity contribution in [1.82, 2.24) is 20.2 Å². The Hall–Kier alpha value is -2.74. The zero-order valence-electron chi connectivity index (χ0n) is 15.3. The number of fused-ring (bicyclic) bond motifs is 1. The maximum absolute atomic E-state index is 13.5. The van der Waals surface area contributed by atoms with Gasteiger partial charge in [-0.3, -0.25) is 5.32 Å². The first-order chi connectivity index (χ1) is 13.1. The number of urea groups is 1. The van der Waals surface area contributed by atoms with Gasteiger partial charge in [-0.1, -0.05) is 0 Å². The number of nitrogens with one attached hydrogen (secondary N) is 3. The molecule has 0 saturated carbocycles. The van der Waals surface area contributed by atoms with Gasteiger partial charge in [0.15, 0.2) is 0 Å². The van der Waals surface area contributed by atoms with Gasteiger partial charge in [-0.15, -0.1) is 0 Å². The maximum Gasteiger partial charge on any atom is 0.320 e. The van der Waals surface area contributed by atoms with E-state index in [0.717, 1.165) is 42.9 Å². The number of carbonyl (C=O) groups is 1. The summed E-state index contributed by atoms with van der Waals surface area (Å²) in [5, 5.41) is 8.76. The van der Waals surface area contributed by atoms with E-state index in [9.17, 15) is 9.18 Å². The van der Waals surface area contributed by atoms with E-state index in [1.165, 1.54) is 25.0 Å². The lowest BCUT2D eigenvalue weighted by atomic mass is 10.0. The first kappa shape index (κ1) is 17.7. The SMILES string of the molecule is Cc1cc(F)ccc1-c1nc(NCCN2CCCC2)nc2c1CNC(=O)N2. The van der Waals surface area contributed by atoms with Crippen molar-refractivity contribution in [3.63, 3.8) is 0 Å². The molecule has 8 heteroatoms. The first-order valence-corrected chi connectivity index (χ1v) is 9.28. The minimum Gasteiger partial charge on any atom is -0.353 e. The van der Waals surface area contributed by atoms with Gasteiger partial charge < -0.3 is 15.5 Å². The van der Waals surface area contributed by atoms with Crippen LogP contribution in [0.3, 0.4) is 0 Å². The fourth-order valence-corrected chi connectivity index (χ4v) is 3.60. The highest BCUT2D eigenvalue weighted by Gasteiger charge is 2.23. The minimum absolute atomic E-state index is 0.283. The van der Waals surface area contributed by atoms with Crippen molar-refractivity contribution >= 4 is 17.8 Å². The molecule has 7 nitrogen and oxygen atoms in total. The van der Waals surface area contributed by atoms with Crippen LogP contribution in [0.15, 0.2) is 18.2 Å². The van der Waals surface area contributed by atoms with Crippen LogP contribution in [0, 0.1) is 12.7 Å². The lowest BCUT2D eigenvalue weighted by Gasteiger charge is -2.22. The van der Waals surface area contributed by atoms with Crippen LogP contribution in [0.2, 0.25) is 0 Å². The van der Waals surface area contributed by atoms with Crippen LogP contribution in [-0.4, -0.2) is 47.1 Å². The summed E-state index contributed by atoms with van der Waals surface area (Å²) in [5.74, 6) is 0.680. The topological polar surface area (TPSA) is 82.2 Å². The Morgan fingerprint density at radius 1 is 1.26 bits per heavy atom. The van der Waals surface area contributed by atoms with E-state index in [4.69, 9.17) is 0 Å². The molecule has 2 amide bonds. The molecule has 0 bridgehead atoms. The standard InChI is InChI=1S/C19H23FN6O/c1-12-10-13(20)4-5-14(12)16-15-11-22-19(27)25-17(15)24-18(23-16)21-6-9-26-7-2-3-8-26/h4-5,10H,2-3,6-9,11H2,1H3,(H3,21,22,23,24,25,27). The highest BCUT2D eigenvalue weighted by atomic mass is 19.1. The van der Waals surface area contributed by atoms with E-state index in [1.54, 1.807) is 6.07 Å². The molecule has 3 N–H and O–H groups in total. The Morgan fingerprint density at radius 2 is 2.07 bits per heavy atom. The van der Waals surface area contributed by atoms with Crippen molar-refractivity contribution in [3.8, 4) is 11.3 Å². The molecule has 1 aromatic heterocycles. The van der Waals surface area contributed by atoms with Gasteiger partial charge in [-0.2, -0.15) is 4.98 Å². The summed E-state index contributed by atoms with van der Waals surface area (Å²) in [5.41, 5.74) is 3.12. The van der Waals surface area contributed by atoms with Crippen molar-refractivity contribution in [2.24, 2.45) is 0 Å². The summed E-state index contributed by atoms with van der Waals surface area (Å²) in [6.45, 7) is 6.11. The monoisotopic (exact) mass is 370 g/mol. The van der Waals surface area contributed by atoms with E-state index >= 15 is 0 Å². The lowest BCUT2D eigenvalue weighted by molar-refractivity contribution is 0.250. The average Bonchev–Trinajstić information content (AvgIpc) is 3.14. The van der Waals surface area contributed by atoms with Crippen LogP contribution in [0.25, 0.3) is 11.3 Å². The molecule has 0 atom stereocenters. The normalized spacial score (nSPS) is 16.6. The van der Waals surface area contributed by atoms with Crippen molar-refractivity contribution in [1.29, 1.82) is 0 Å². The van der Waals surface area contributed by atoms with Gasteiger partial charge in [0.05, 0.1) is 12.2 Å². The molecule has 142 valence electrons. The summed E-state index contributed by atoms with van der Waals surface area (Å²) < 4.78 is 13.5. The minimum atomic E-state index is -0.286. The smallest absolute Gasteiger partial charge is 0.320 e. The molecule has 0 radical (unpaired) electrons. The number of halogens is 1. The number of amides is 2. The average molecular weight is 370 g/mol. The van der Waals surface area contributed by atoms with Gasteiger partial charge in [0, 0.05) is 24.2 Å². The first-order valence-electron chi connectivity index (χ1n) is 9.28. The maximum atomic E-state index is 13.5. The van der Waals surface area contributed by atoms with Crippen LogP contribution in [0.1, 0.15) is 24.0 Å². The molecule has 1 fully saturated rings. The second-order valence-corrected chi connectivity index (χ2v) is 6.97. The van der Waals surface area contributed by atoms with E-state index in [2.05, 4.69) is 30.8 Å². The van der Waals surface area contributed by atoms with Crippen LogP contribution < -0.4 is 16.0 Å². The third-order valence-electron chi connectivity index (χ3n) is 5.02. The van der Waals surface area contributed by atoms with Gasteiger partial charge in [0.25, 0.3) is 0 Å². The van der Waals surface area contributed by atoms with Crippen LogP contribution in [0.4, 0.5) is 21.0 Å². The van der Waals surface area contributed by atoms with E-state index < -0.39 is 0 Å². The fourth-order valence-electron chi connectivity index (χ4n) is 3.60. The molecule has 0 unspecified atom stereocenters. The molecule has 0 aliphatic carbocycles. The number of aryl methyl sites for hydroxylation is 1. The molecule has 1 aromatic carbocycles. The van der Waals surface area contributed by atoms with Crippen molar-refractivity contribution in [3.05, 3.63) is 35.1 Å². The van der Waals surface area contributed by atoms with Gasteiger partial charge in [-0.05, 0) is 56.6 Å². The largest absolute Gasteiger partial charge is 0.353 e. The third-order valence-corrected chi connectivity index (χ3v) is 5.02. The number of aromatic nitrogens is 2. The Bertz CT molecular complexity index is 866. The molecule has 0 spiro atoms. The molecule has 3 heterocycles. The molecule has 2 aromatic rings. The number of likely N-dealkylation sites (tertiary alicyclic amines) is 1. The van der Waals surface area contributed by atoms with Gasteiger partial charge in [-0.25, -0.2) is 14.2 Å². The summed E-state index contributed by atoms with van der Waals surface area (Å²) in [6, 6.07) is 4.34. The third kappa shape index (κ3) is 3.85. The number of benzene rings is 1. The molecular formula is C19H23FN6O. The molecular weight excluding hydrogens is 347 g/mol. The highest BCUT2D eigenvalue weighted by molar-refractivity contribution is 5.93.